The van der Waals surface area contributed by atoms with Crippen molar-refractivity contribution < 1.29 is 63.0 Å². The summed E-state index contributed by atoms with van der Waals surface area (Å²) < 4.78 is 0. The lowest BCUT2D eigenvalue weighted by Crippen LogP contribution is -2.56. The Labute approximate surface area is 505 Å². The van der Waals surface area contributed by atoms with Crippen molar-refractivity contribution in [2.45, 2.75) is 258 Å². The molecule has 1 saturated heterocycles. The highest BCUT2D eigenvalue weighted by atomic mass is 16.3. The van der Waals surface area contributed by atoms with Crippen molar-refractivity contribution in [3.05, 3.63) is 35.9 Å². The van der Waals surface area contributed by atoms with Crippen LogP contribution >= 0.6 is 0 Å². The van der Waals surface area contributed by atoms with E-state index in [1.807, 2.05) is 27.7 Å². The van der Waals surface area contributed by atoms with Crippen LogP contribution in [0.4, 0.5) is 0 Å². The number of hydrogen-bond acceptors (Lipinski definition) is 14. The highest BCUT2D eigenvalue weighted by Crippen LogP contribution is 2.22. The first-order chi connectivity index (χ1) is 40.4. The molecule has 0 aliphatic carbocycles. The largest absolute Gasteiger partial charge is 0.393 e. The molecule has 7 amide bonds. The van der Waals surface area contributed by atoms with Crippen LogP contribution in [-0.4, -0.2) is 136 Å². The van der Waals surface area contributed by atoms with E-state index >= 15 is 0 Å². The van der Waals surface area contributed by atoms with Gasteiger partial charge in [-0.1, -0.05) is 137 Å². The normalized spacial score (nSPS) is 22.8. The maximum Gasteiger partial charge on any atom is 0.243 e. The summed E-state index contributed by atoms with van der Waals surface area (Å²) in [5, 5.41) is 41.3. The van der Waals surface area contributed by atoms with Gasteiger partial charge >= 0.3 is 0 Å². The van der Waals surface area contributed by atoms with Gasteiger partial charge in [0.05, 0.1) is 48.2 Å². The smallest absolute Gasteiger partial charge is 0.243 e. The van der Waals surface area contributed by atoms with Crippen LogP contribution < -0.4 is 43.0 Å². The van der Waals surface area contributed by atoms with E-state index < -0.39 is 150 Å². The first-order valence-electron chi connectivity index (χ1n) is 31.7. The summed E-state index contributed by atoms with van der Waals surface area (Å²) in [4.78, 5) is 156. The molecule has 1 aromatic carbocycles. The van der Waals surface area contributed by atoms with Crippen molar-refractivity contribution in [2.75, 3.05) is 13.1 Å². The molecule has 0 saturated carbocycles. The average Bonchev–Trinajstić information content (AvgIpc) is 3.66. The van der Waals surface area contributed by atoms with Gasteiger partial charge in [0.25, 0.3) is 0 Å². The minimum Gasteiger partial charge on any atom is -0.393 e. The highest BCUT2D eigenvalue weighted by molar-refractivity contribution is 5.99. The van der Waals surface area contributed by atoms with E-state index in [-0.39, 0.29) is 89.1 Å². The summed E-state index contributed by atoms with van der Waals surface area (Å²) in [6.07, 6.45) is 3.81. The Morgan fingerprint density at radius 1 is 0.600 bits per heavy atom. The molecule has 11 N–H and O–H groups in total. The van der Waals surface area contributed by atoms with E-state index in [0.29, 0.717) is 32.1 Å². The van der Waals surface area contributed by atoms with E-state index in [2.05, 4.69) is 44.1 Å². The fourth-order valence-corrected chi connectivity index (χ4v) is 10.7. The number of ketones is 4. The Hall–Kier alpha value is -5.93. The van der Waals surface area contributed by atoms with Crippen molar-refractivity contribution in [3.8, 4) is 0 Å². The number of aliphatic hydroxyl groups excluding tert-OH is 2. The topological polar surface area (TPSA) is 338 Å². The number of nitrogens with two attached hydrogens (primary N) is 1. The number of nitrogens with one attached hydrogen (secondary N) is 7. The molecule has 480 valence electrons. The second kappa shape index (κ2) is 41.2. The van der Waals surface area contributed by atoms with Crippen LogP contribution in [0.5, 0.6) is 0 Å². The van der Waals surface area contributed by atoms with Crippen molar-refractivity contribution in [1.29, 1.82) is 0 Å². The first-order valence-corrected chi connectivity index (χ1v) is 31.7. The molecule has 21 heteroatoms. The van der Waals surface area contributed by atoms with Crippen LogP contribution in [0.2, 0.25) is 0 Å². The molecule has 0 aromatic heterocycles. The Morgan fingerprint density at radius 3 is 1.72 bits per heavy atom. The number of aliphatic hydroxyl groups is 2. The van der Waals surface area contributed by atoms with Crippen molar-refractivity contribution >= 4 is 64.5 Å². The van der Waals surface area contributed by atoms with Gasteiger partial charge in [0.2, 0.25) is 41.4 Å². The number of rotatable bonds is 32. The van der Waals surface area contributed by atoms with Gasteiger partial charge in [-0.15, -0.1) is 0 Å². The number of Topliss-reactive ketones (excluding diaryl/α,β-unsaturated/α-hetero) is 4. The minimum absolute atomic E-state index is 0.0605. The second-order valence-corrected chi connectivity index (χ2v) is 23.8. The van der Waals surface area contributed by atoms with Gasteiger partial charge in [-0.2, -0.15) is 0 Å². The van der Waals surface area contributed by atoms with E-state index in [0.717, 1.165) is 37.7 Å². The number of hydrogen-bond donors (Lipinski definition) is 10. The summed E-state index contributed by atoms with van der Waals surface area (Å²) in [5.41, 5.74) is 6.56. The SMILES string of the molecule is CCCCCCCCC(=O)N[C@@H](CCN)C(=O)C[C@H](C(=O)N[C@@H](CCC)C(=O)C[C@H]1CCNC(=O)[C@H]([C@@H](C)O)CC(=O)[C@H](CCC)NC(=O)[C@H](CCC)NC(=O)[C@H](CC(C)C)NC(=O)[C@@H](Cc2ccccc2)CC(=O)[C@H](CCC)NC1=O)[C@@H](C)O. The minimum atomic E-state index is -1.37. The molecule has 0 radical (unpaired) electrons. The first kappa shape index (κ1) is 75.2. The van der Waals surface area contributed by atoms with Crippen LogP contribution in [0.25, 0.3) is 0 Å². The zero-order valence-corrected chi connectivity index (χ0v) is 52.5. The van der Waals surface area contributed by atoms with Crippen molar-refractivity contribution in [3.63, 3.8) is 0 Å². The van der Waals surface area contributed by atoms with Crippen molar-refractivity contribution in [2.24, 2.45) is 35.3 Å². The molecule has 1 aliphatic rings. The third kappa shape index (κ3) is 28.0. The Morgan fingerprint density at radius 2 is 1.14 bits per heavy atom. The zero-order chi connectivity index (χ0) is 63.6. The van der Waals surface area contributed by atoms with Crippen LogP contribution in [0.3, 0.4) is 0 Å². The highest BCUT2D eigenvalue weighted by Gasteiger charge is 2.38. The number of carbonyl (C=O) groups excluding carboxylic acids is 11. The average molecular weight is 1200 g/mol. The summed E-state index contributed by atoms with van der Waals surface area (Å²) in [5.74, 6) is -11.8. The molecule has 85 heavy (non-hydrogen) atoms. The van der Waals surface area contributed by atoms with Crippen LogP contribution in [-0.2, 0) is 59.2 Å². The third-order valence-corrected chi connectivity index (χ3v) is 15.8. The number of carbonyl (C=O) groups is 11. The van der Waals surface area contributed by atoms with Crippen LogP contribution in [0, 0.1) is 29.6 Å². The zero-order valence-electron chi connectivity index (χ0n) is 52.5. The molecule has 12 atom stereocenters. The predicted octanol–water partition coefficient (Wildman–Crippen LogP) is 5.07. The molecule has 1 fully saturated rings. The molecular weight excluding hydrogens is 1090 g/mol. The van der Waals surface area contributed by atoms with Gasteiger partial charge in [-0.05, 0) is 89.7 Å². The summed E-state index contributed by atoms with van der Waals surface area (Å²) in [6.45, 7) is 15.6. The Bertz CT molecular complexity index is 2280. The quantitative estimate of drug-likeness (QED) is 0.0422. The third-order valence-electron chi connectivity index (χ3n) is 15.8. The molecule has 0 bridgehead atoms. The van der Waals surface area contributed by atoms with Gasteiger partial charge in [0.15, 0.2) is 23.1 Å². The molecule has 1 aromatic rings. The van der Waals surface area contributed by atoms with Crippen LogP contribution in [0.1, 0.15) is 209 Å². The van der Waals surface area contributed by atoms with Gasteiger partial charge in [-0.25, -0.2) is 0 Å². The molecule has 1 aliphatic heterocycles. The summed E-state index contributed by atoms with van der Waals surface area (Å²) in [6, 6.07) is 2.23. The second-order valence-electron chi connectivity index (χ2n) is 23.8. The fourth-order valence-electron chi connectivity index (χ4n) is 10.7. The molecule has 2 rings (SSSR count). The number of amides is 7. The van der Waals surface area contributed by atoms with E-state index in [9.17, 15) is 63.0 Å². The van der Waals surface area contributed by atoms with Gasteiger partial charge in [-0.3, -0.25) is 52.7 Å². The maximum atomic E-state index is 14.7. The summed E-state index contributed by atoms with van der Waals surface area (Å²) >= 11 is 0. The predicted molar refractivity (Wildman–Crippen MR) is 326 cm³/mol. The Kier molecular flexibility index (Phi) is 36.4. The summed E-state index contributed by atoms with van der Waals surface area (Å²) in [7, 11) is 0. The molecule has 21 nitrogen and oxygen atoms in total. The number of benzene rings is 1. The lowest BCUT2D eigenvalue weighted by atomic mass is 9.88. The Balaban J connectivity index is 2.67. The maximum absolute atomic E-state index is 14.7. The van der Waals surface area contributed by atoms with Gasteiger partial charge in [0.1, 0.15) is 12.1 Å². The standard InChI is InChI=1S/C64H106N8O13/c1-10-15-16-17-18-22-29-58(79)67-51(30-32-65)57(78)39-47(42(9)74)62(83)69-49(24-12-3)54(75)36-44-31-33-66-61(82)46(41(8)73)38-56(77)50(25-13-4)70-63(84)52(26-14-5)71-64(85)53(34-40(6)7)72-60(81)45(35-43-27-20-19-21-28-43)37-55(76)48(23-11-2)68-59(44)80/h19-21,27-28,40-42,44-53,73-74H,10-18,22-26,29-39,65H2,1-9H3,(H,66,82)(H,67,79)(H,68,80)(H,69,83)(H,70,84)(H,71,85)(H,72,81)/t41-,42-,44-,45+,46+,47+,48+,49+,50+,51+,52+,53+/m1/s1. The molecule has 1 heterocycles. The van der Waals surface area contributed by atoms with E-state index in [1.54, 1.807) is 44.2 Å². The molecule has 0 spiro atoms. The number of unbranched alkanes of at least 4 members (excludes halogenated alkanes) is 5. The van der Waals surface area contributed by atoms with Crippen molar-refractivity contribution in [1.82, 2.24) is 37.2 Å². The lowest BCUT2D eigenvalue weighted by molar-refractivity contribution is -0.137. The van der Waals surface area contributed by atoms with E-state index in [1.165, 1.54) is 13.8 Å². The van der Waals surface area contributed by atoms with Gasteiger partial charge < -0.3 is 53.2 Å². The van der Waals surface area contributed by atoms with E-state index in [4.69, 9.17) is 5.73 Å². The molecular formula is C64H106N8O13. The molecule has 0 unspecified atom stereocenters. The van der Waals surface area contributed by atoms with Crippen LogP contribution in [0.15, 0.2) is 30.3 Å². The van der Waals surface area contributed by atoms with Gasteiger partial charge in [0, 0.05) is 50.5 Å². The fraction of sp³-hybridized carbons (Fsp3) is 0.734. The monoisotopic (exact) mass is 1190 g/mol. The lowest BCUT2D eigenvalue weighted by Gasteiger charge is -2.28.